The van der Waals surface area contributed by atoms with E-state index in [0.29, 0.717) is 10.0 Å². The quantitative estimate of drug-likeness (QED) is 0.832. The van der Waals surface area contributed by atoms with Crippen molar-refractivity contribution in [3.8, 4) is 6.07 Å². The minimum absolute atomic E-state index is 0.0854. The fraction of sp³-hybridized carbons (Fsp3) is 0.462. The predicted octanol–water partition coefficient (Wildman–Crippen LogP) is 3.90. The second-order valence-electron chi connectivity index (χ2n) is 4.81. The van der Waals surface area contributed by atoms with Crippen molar-refractivity contribution in [2.45, 2.75) is 18.9 Å². The molecule has 4 heteroatoms. The van der Waals surface area contributed by atoms with E-state index in [2.05, 4.69) is 11.0 Å². The van der Waals surface area contributed by atoms with E-state index < -0.39 is 0 Å². The van der Waals surface area contributed by atoms with Gasteiger partial charge in [0.1, 0.15) is 0 Å². The van der Waals surface area contributed by atoms with Crippen molar-refractivity contribution < 1.29 is 0 Å². The SMILES string of the molecule is CN(C)C(c1ccc(Cl)c(Cl)c1)C1(C#N)CC1. The number of nitrogens with zero attached hydrogens (tertiary/aromatic N) is 2. The number of benzene rings is 1. The second-order valence-corrected chi connectivity index (χ2v) is 5.62. The molecule has 17 heavy (non-hydrogen) atoms. The summed E-state index contributed by atoms with van der Waals surface area (Å²) in [6, 6.07) is 8.15. The molecule has 0 aromatic heterocycles. The average molecular weight is 269 g/mol. The van der Waals surface area contributed by atoms with Gasteiger partial charge in [-0.15, -0.1) is 0 Å². The highest BCUT2D eigenvalue weighted by Crippen LogP contribution is 2.56. The first-order valence-electron chi connectivity index (χ1n) is 5.53. The van der Waals surface area contributed by atoms with Crippen LogP contribution < -0.4 is 0 Å². The largest absolute Gasteiger partial charge is 0.301 e. The lowest BCUT2D eigenvalue weighted by molar-refractivity contribution is 0.232. The Balaban J connectivity index is 2.41. The Hall–Kier alpha value is -0.750. The lowest BCUT2D eigenvalue weighted by Crippen LogP contribution is -2.27. The molecule has 0 aliphatic heterocycles. The third kappa shape index (κ3) is 2.28. The first-order chi connectivity index (χ1) is 8.00. The standard InChI is InChI=1S/C13H14Cl2N2/c1-17(2)12(13(8-16)5-6-13)9-3-4-10(14)11(15)7-9/h3-4,7,12H,5-6H2,1-2H3. The van der Waals surface area contributed by atoms with Gasteiger partial charge < -0.3 is 4.90 Å². The average Bonchev–Trinajstić information content (AvgIpc) is 3.04. The smallest absolute Gasteiger partial charge is 0.0771 e. The summed E-state index contributed by atoms with van der Waals surface area (Å²) in [6.07, 6.45) is 1.90. The molecule has 0 N–H and O–H groups in total. The van der Waals surface area contributed by atoms with Crippen LogP contribution in [0.15, 0.2) is 18.2 Å². The Morgan fingerprint density at radius 3 is 2.35 bits per heavy atom. The summed E-state index contributed by atoms with van der Waals surface area (Å²) in [7, 11) is 3.98. The van der Waals surface area contributed by atoms with E-state index in [1.54, 1.807) is 6.07 Å². The molecule has 1 atom stereocenters. The van der Waals surface area contributed by atoms with Crippen LogP contribution in [0.5, 0.6) is 0 Å². The van der Waals surface area contributed by atoms with E-state index in [-0.39, 0.29) is 11.5 Å². The van der Waals surface area contributed by atoms with Crippen LogP contribution in [0.2, 0.25) is 10.0 Å². The zero-order chi connectivity index (χ0) is 12.6. The zero-order valence-corrected chi connectivity index (χ0v) is 11.4. The topological polar surface area (TPSA) is 27.0 Å². The van der Waals surface area contributed by atoms with E-state index in [9.17, 15) is 5.26 Å². The minimum Gasteiger partial charge on any atom is -0.301 e. The summed E-state index contributed by atoms with van der Waals surface area (Å²) in [6.45, 7) is 0. The van der Waals surface area contributed by atoms with Crippen LogP contribution in [-0.4, -0.2) is 19.0 Å². The molecule has 2 rings (SSSR count). The summed E-state index contributed by atoms with van der Waals surface area (Å²) in [5, 5.41) is 10.4. The highest BCUT2D eigenvalue weighted by atomic mass is 35.5. The summed E-state index contributed by atoms with van der Waals surface area (Å²) in [5.41, 5.74) is 0.809. The Morgan fingerprint density at radius 2 is 1.94 bits per heavy atom. The fourth-order valence-corrected chi connectivity index (χ4v) is 2.68. The normalized spacial score (nSPS) is 18.8. The second kappa shape index (κ2) is 4.49. The summed E-state index contributed by atoms with van der Waals surface area (Å²) in [4.78, 5) is 2.08. The molecule has 1 aliphatic rings. The van der Waals surface area contributed by atoms with Crippen LogP contribution in [0.3, 0.4) is 0 Å². The number of halogens is 2. The van der Waals surface area contributed by atoms with Crippen molar-refractivity contribution in [1.29, 1.82) is 5.26 Å². The van der Waals surface area contributed by atoms with Gasteiger partial charge in [-0.1, -0.05) is 29.3 Å². The molecular formula is C13H14Cl2N2. The third-order valence-electron chi connectivity index (χ3n) is 3.31. The molecule has 2 nitrogen and oxygen atoms in total. The molecular weight excluding hydrogens is 255 g/mol. The molecule has 1 unspecified atom stereocenters. The molecule has 1 saturated carbocycles. The van der Waals surface area contributed by atoms with Crippen LogP contribution >= 0.6 is 23.2 Å². The van der Waals surface area contributed by atoms with Gasteiger partial charge in [-0.05, 0) is 44.6 Å². The number of rotatable bonds is 3. The molecule has 90 valence electrons. The van der Waals surface area contributed by atoms with Gasteiger partial charge >= 0.3 is 0 Å². The van der Waals surface area contributed by atoms with Crippen molar-refractivity contribution in [3.05, 3.63) is 33.8 Å². The van der Waals surface area contributed by atoms with Crippen molar-refractivity contribution >= 4 is 23.2 Å². The van der Waals surface area contributed by atoms with E-state index in [0.717, 1.165) is 18.4 Å². The van der Waals surface area contributed by atoms with Crippen LogP contribution in [0.1, 0.15) is 24.4 Å². The van der Waals surface area contributed by atoms with Gasteiger partial charge in [-0.2, -0.15) is 5.26 Å². The lowest BCUT2D eigenvalue weighted by atomic mass is 9.90. The first-order valence-corrected chi connectivity index (χ1v) is 6.28. The minimum atomic E-state index is -0.249. The van der Waals surface area contributed by atoms with E-state index in [4.69, 9.17) is 23.2 Å². The van der Waals surface area contributed by atoms with Gasteiger partial charge in [0, 0.05) is 0 Å². The van der Waals surface area contributed by atoms with E-state index in [1.165, 1.54) is 0 Å². The number of hydrogen-bond donors (Lipinski definition) is 0. The van der Waals surface area contributed by atoms with Crippen molar-refractivity contribution in [2.24, 2.45) is 5.41 Å². The maximum Gasteiger partial charge on any atom is 0.0771 e. The Labute approximate surface area is 112 Å². The van der Waals surface area contributed by atoms with Crippen molar-refractivity contribution in [2.75, 3.05) is 14.1 Å². The maximum absolute atomic E-state index is 9.33. The molecule has 0 heterocycles. The van der Waals surface area contributed by atoms with E-state index in [1.807, 2.05) is 26.2 Å². The Morgan fingerprint density at radius 1 is 1.29 bits per heavy atom. The molecule has 0 amide bonds. The molecule has 1 aliphatic carbocycles. The van der Waals surface area contributed by atoms with Gasteiger partial charge in [0.2, 0.25) is 0 Å². The third-order valence-corrected chi connectivity index (χ3v) is 4.05. The Bertz CT molecular complexity index is 473. The van der Waals surface area contributed by atoms with Crippen LogP contribution in [-0.2, 0) is 0 Å². The van der Waals surface area contributed by atoms with Crippen molar-refractivity contribution in [3.63, 3.8) is 0 Å². The zero-order valence-electron chi connectivity index (χ0n) is 9.87. The van der Waals surface area contributed by atoms with Crippen molar-refractivity contribution in [1.82, 2.24) is 4.90 Å². The number of hydrogen-bond acceptors (Lipinski definition) is 2. The molecule has 0 saturated heterocycles. The van der Waals surface area contributed by atoms with Gasteiger partial charge in [0.05, 0.1) is 27.6 Å². The first kappa shape index (κ1) is 12.7. The lowest BCUT2D eigenvalue weighted by Gasteiger charge is -2.29. The number of nitriles is 1. The van der Waals surface area contributed by atoms with Crippen LogP contribution in [0, 0.1) is 16.7 Å². The Kier molecular flexibility index (Phi) is 3.36. The molecule has 1 aromatic rings. The summed E-state index contributed by atoms with van der Waals surface area (Å²) in [5.74, 6) is 0. The molecule has 0 spiro atoms. The molecule has 1 aromatic carbocycles. The highest BCUT2D eigenvalue weighted by molar-refractivity contribution is 6.42. The fourth-order valence-electron chi connectivity index (χ4n) is 2.37. The summed E-state index contributed by atoms with van der Waals surface area (Å²) < 4.78 is 0. The van der Waals surface area contributed by atoms with Gasteiger partial charge in [0.25, 0.3) is 0 Å². The summed E-state index contributed by atoms with van der Waals surface area (Å²) >= 11 is 12.0. The van der Waals surface area contributed by atoms with Crippen LogP contribution in [0.25, 0.3) is 0 Å². The predicted molar refractivity (Wildman–Crippen MR) is 70.2 cm³/mol. The molecule has 0 bridgehead atoms. The van der Waals surface area contributed by atoms with Gasteiger partial charge in [0.15, 0.2) is 0 Å². The maximum atomic E-state index is 9.33. The van der Waals surface area contributed by atoms with Gasteiger partial charge in [-0.3, -0.25) is 0 Å². The molecule has 0 radical (unpaired) electrons. The highest BCUT2D eigenvalue weighted by Gasteiger charge is 2.51. The molecule has 1 fully saturated rings. The monoisotopic (exact) mass is 268 g/mol. The van der Waals surface area contributed by atoms with Gasteiger partial charge in [-0.25, -0.2) is 0 Å². The van der Waals surface area contributed by atoms with E-state index >= 15 is 0 Å². The van der Waals surface area contributed by atoms with Crippen LogP contribution in [0.4, 0.5) is 0 Å².